The van der Waals surface area contributed by atoms with Crippen molar-refractivity contribution in [3.8, 4) is 28.3 Å². The van der Waals surface area contributed by atoms with Crippen molar-refractivity contribution in [1.29, 1.82) is 0 Å². The molecule has 0 aliphatic heterocycles. The van der Waals surface area contributed by atoms with E-state index in [0.29, 0.717) is 23.0 Å². The fourth-order valence-corrected chi connectivity index (χ4v) is 3.60. The van der Waals surface area contributed by atoms with Gasteiger partial charge < -0.3 is 9.15 Å². The van der Waals surface area contributed by atoms with E-state index in [1.807, 2.05) is 73.7 Å². The molecule has 0 saturated carbocycles. The third-order valence-corrected chi connectivity index (χ3v) is 5.31. The van der Waals surface area contributed by atoms with Crippen LogP contribution in [0.1, 0.15) is 11.5 Å². The molecule has 5 aromatic rings. The van der Waals surface area contributed by atoms with E-state index >= 15 is 0 Å². The number of aryl methyl sites for hydroxylation is 1. The molecule has 0 amide bonds. The average Bonchev–Trinajstić information content (AvgIpc) is 3.30. The van der Waals surface area contributed by atoms with Crippen LogP contribution >= 0.6 is 0 Å². The van der Waals surface area contributed by atoms with Crippen LogP contribution in [0.25, 0.3) is 33.6 Å². The molecule has 0 aliphatic rings. The number of benzene rings is 2. The minimum atomic E-state index is -0.184. The summed E-state index contributed by atoms with van der Waals surface area (Å²) in [5, 5.41) is 9.16. The van der Waals surface area contributed by atoms with Gasteiger partial charge in [0.05, 0.1) is 7.11 Å². The van der Waals surface area contributed by atoms with Gasteiger partial charge in [0.2, 0.25) is 11.8 Å². The number of nitrogens with zero attached hydrogens (tertiary/aromatic N) is 4. The average molecular weight is 424 g/mol. The largest absolute Gasteiger partial charge is 0.497 e. The molecule has 3 heterocycles. The Morgan fingerprint density at radius 2 is 1.72 bits per heavy atom. The quantitative estimate of drug-likeness (QED) is 0.414. The van der Waals surface area contributed by atoms with Gasteiger partial charge in [0.1, 0.15) is 17.9 Å². The SMILES string of the molecule is COc1ccc(-c2cc3cccnc3n(Cc3nnc(-c4ccc(C)cc4)o3)c2=O)cc1. The van der Waals surface area contributed by atoms with Crippen LogP contribution in [-0.2, 0) is 6.54 Å². The Balaban J connectivity index is 1.58. The van der Waals surface area contributed by atoms with Crippen molar-refractivity contribution in [2.75, 3.05) is 7.11 Å². The highest BCUT2D eigenvalue weighted by molar-refractivity contribution is 5.81. The van der Waals surface area contributed by atoms with Crippen LogP contribution in [0.15, 0.2) is 82.1 Å². The lowest BCUT2D eigenvalue weighted by Gasteiger charge is -2.11. The van der Waals surface area contributed by atoms with Crippen molar-refractivity contribution in [2.24, 2.45) is 0 Å². The topological polar surface area (TPSA) is 83.0 Å². The van der Waals surface area contributed by atoms with Gasteiger partial charge in [-0.2, -0.15) is 0 Å². The number of methoxy groups -OCH3 is 1. The molecule has 7 nitrogen and oxygen atoms in total. The van der Waals surface area contributed by atoms with Crippen molar-refractivity contribution in [1.82, 2.24) is 19.7 Å². The summed E-state index contributed by atoms with van der Waals surface area (Å²) in [4.78, 5) is 17.9. The Hall–Kier alpha value is -4.26. The number of hydrogen-bond donors (Lipinski definition) is 0. The fourth-order valence-electron chi connectivity index (χ4n) is 3.60. The lowest BCUT2D eigenvalue weighted by Crippen LogP contribution is -2.23. The molecular weight excluding hydrogens is 404 g/mol. The molecule has 7 heteroatoms. The van der Waals surface area contributed by atoms with E-state index in [0.717, 1.165) is 27.8 Å². The summed E-state index contributed by atoms with van der Waals surface area (Å²) in [7, 11) is 1.61. The van der Waals surface area contributed by atoms with E-state index in [1.165, 1.54) is 0 Å². The van der Waals surface area contributed by atoms with Gasteiger partial charge in [0, 0.05) is 22.7 Å². The van der Waals surface area contributed by atoms with Gasteiger partial charge in [-0.15, -0.1) is 10.2 Å². The lowest BCUT2D eigenvalue weighted by atomic mass is 10.1. The highest BCUT2D eigenvalue weighted by atomic mass is 16.5. The molecule has 32 heavy (non-hydrogen) atoms. The molecule has 0 saturated heterocycles. The van der Waals surface area contributed by atoms with Crippen molar-refractivity contribution in [3.05, 3.63) is 94.7 Å². The molecule has 158 valence electrons. The number of rotatable bonds is 5. The minimum absolute atomic E-state index is 0.120. The maximum Gasteiger partial charge on any atom is 0.260 e. The van der Waals surface area contributed by atoms with E-state index in [1.54, 1.807) is 17.9 Å². The van der Waals surface area contributed by atoms with E-state index in [9.17, 15) is 4.79 Å². The number of pyridine rings is 2. The van der Waals surface area contributed by atoms with Gasteiger partial charge in [-0.1, -0.05) is 29.8 Å². The molecule has 0 atom stereocenters. The summed E-state index contributed by atoms with van der Waals surface area (Å²) >= 11 is 0. The number of aromatic nitrogens is 4. The molecule has 3 aromatic heterocycles. The molecule has 0 spiro atoms. The fraction of sp³-hybridized carbons (Fsp3) is 0.120. The monoisotopic (exact) mass is 424 g/mol. The maximum atomic E-state index is 13.5. The zero-order valence-corrected chi connectivity index (χ0v) is 17.6. The first-order valence-corrected chi connectivity index (χ1v) is 10.1. The molecule has 5 rings (SSSR count). The van der Waals surface area contributed by atoms with Gasteiger partial charge >= 0.3 is 0 Å². The predicted octanol–water partition coefficient (Wildman–Crippen LogP) is 4.48. The number of ether oxygens (including phenoxy) is 1. The lowest BCUT2D eigenvalue weighted by molar-refractivity contribution is 0.415. The van der Waals surface area contributed by atoms with E-state index in [4.69, 9.17) is 9.15 Å². The summed E-state index contributed by atoms with van der Waals surface area (Å²) in [6.07, 6.45) is 1.66. The Kier molecular flexibility index (Phi) is 4.99. The third kappa shape index (κ3) is 3.65. The Morgan fingerprint density at radius 3 is 2.47 bits per heavy atom. The van der Waals surface area contributed by atoms with Gasteiger partial charge in [0.15, 0.2) is 0 Å². The summed E-state index contributed by atoms with van der Waals surface area (Å²) < 4.78 is 12.7. The van der Waals surface area contributed by atoms with Gasteiger partial charge in [-0.3, -0.25) is 9.36 Å². The molecule has 0 radical (unpaired) electrons. The Labute approximate surface area is 184 Å². The molecule has 0 bridgehead atoms. The van der Waals surface area contributed by atoms with Crippen LogP contribution in [0, 0.1) is 6.92 Å². The summed E-state index contributed by atoms with van der Waals surface area (Å²) in [6, 6.07) is 20.9. The summed E-state index contributed by atoms with van der Waals surface area (Å²) in [5.74, 6) is 1.48. The standard InChI is InChI=1S/C25H20N4O3/c1-16-5-7-18(8-6-16)24-28-27-22(32-24)15-29-23-19(4-3-13-26-23)14-21(25(29)30)17-9-11-20(31-2)12-10-17/h3-14H,15H2,1-2H3. The highest BCUT2D eigenvalue weighted by Gasteiger charge is 2.16. The first-order chi connectivity index (χ1) is 15.6. The third-order valence-electron chi connectivity index (χ3n) is 5.31. The predicted molar refractivity (Wildman–Crippen MR) is 122 cm³/mol. The van der Waals surface area contributed by atoms with Crippen LogP contribution in [0.2, 0.25) is 0 Å². The van der Waals surface area contributed by atoms with Crippen LogP contribution in [-0.4, -0.2) is 26.9 Å². The van der Waals surface area contributed by atoms with Crippen molar-refractivity contribution in [2.45, 2.75) is 13.5 Å². The molecule has 0 N–H and O–H groups in total. The number of fused-ring (bicyclic) bond motifs is 1. The second kappa shape index (κ2) is 8.11. The zero-order valence-electron chi connectivity index (χ0n) is 17.6. The van der Waals surface area contributed by atoms with Crippen molar-refractivity contribution >= 4 is 11.0 Å². The Bertz CT molecular complexity index is 1450. The summed E-state index contributed by atoms with van der Waals surface area (Å²) in [6.45, 7) is 2.14. The molecule has 0 fully saturated rings. The maximum absolute atomic E-state index is 13.5. The van der Waals surface area contributed by atoms with Crippen molar-refractivity contribution in [3.63, 3.8) is 0 Å². The van der Waals surface area contributed by atoms with E-state index in [2.05, 4.69) is 15.2 Å². The van der Waals surface area contributed by atoms with Crippen LogP contribution in [0.4, 0.5) is 0 Å². The second-order valence-electron chi connectivity index (χ2n) is 7.46. The van der Waals surface area contributed by atoms with Crippen molar-refractivity contribution < 1.29 is 9.15 Å². The zero-order chi connectivity index (χ0) is 22.1. The van der Waals surface area contributed by atoms with E-state index in [-0.39, 0.29) is 12.1 Å². The van der Waals surface area contributed by atoms with Gasteiger partial charge in [-0.25, -0.2) is 4.98 Å². The molecule has 0 unspecified atom stereocenters. The molecule has 2 aromatic carbocycles. The molecule has 0 aliphatic carbocycles. The Morgan fingerprint density at radius 1 is 0.969 bits per heavy atom. The molecular formula is C25H20N4O3. The van der Waals surface area contributed by atoms with Gasteiger partial charge in [-0.05, 0) is 55.0 Å². The normalized spacial score (nSPS) is 11.1. The smallest absolute Gasteiger partial charge is 0.260 e. The van der Waals surface area contributed by atoms with Crippen LogP contribution < -0.4 is 10.3 Å². The van der Waals surface area contributed by atoms with Gasteiger partial charge in [0.25, 0.3) is 5.56 Å². The summed E-state index contributed by atoms with van der Waals surface area (Å²) in [5.41, 5.74) is 3.71. The number of hydrogen-bond acceptors (Lipinski definition) is 6. The highest BCUT2D eigenvalue weighted by Crippen LogP contribution is 2.24. The van der Waals surface area contributed by atoms with E-state index < -0.39 is 0 Å². The first-order valence-electron chi connectivity index (χ1n) is 10.1. The second-order valence-corrected chi connectivity index (χ2v) is 7.46. The first kappa shape index (κ1) is 19.7. The van der Waals surface area contributed by atoms with Crippen LogP contribution in [0.5, 0.6) is 5.75 Å². The van der Waals surface area contributed by atoms with Crippen LogP contribution in [0.3, 0.4) is 0 Å². The minimum Gasteiger partial charge on any atom is -0.497 e.